The van der Waals surface area contributed by atoms with E-state index in [0.717, 1.165) is 24.0 Å². The van der Waals surface area contributed by atoms with Crippen LogP contribution in [0.3, 0.4) is 0 Å². The molecule has 2 atom stereocenters. The molecule has 0 saturated carbocycles. The number of nitrogens with one attached hydrogen (secondary N) is 1. The quantitative estimate of drug-likeness (QED) is 0.613. The molecule has 0 aromatic heterocycles. The van der Waals surface area contributed by atoms with E-state index in [1.807, 2.05) is 52.0 Å². The van der Waals surface area contributed by atoms with Crippen LogP contribution in [-0.2, 0) is 29.0 Å². The van der Waals surface area contributed by atoms with Gasteiger partial charge in [-0.05, 0) is 56.7 Å². The van der Waals surface area contributed by atoms with Crippen molar-refractivity contribution in [3.63, 3.8) is 0 Å². The molecule has 0 heterocycles. The Bertz CT molecular complexity index is 812. The minimum atomic E-state index is -0.518. The topological polar surface area (TPSA) is 49.4 Å². The third kappa shape index (κ3) is 7.01. The zero-order valence-corrected chi connectivity index (χ0v) is 19.1. The maximum absolute atomic E-state index is 13.2. The molecule has 162 valence electrons. The average Bonchev–Trinajstić information content (AvgIpc) is 2.76. The van der Waals surface area contributed by atoms with Crippen LogP contribution < -0.4 is 5.32 Å². The lowest BCUT2D eigenvalue weighted by molar-refractivity contribution is -0.140. The smallest absolute Gasteiger partial charge is 0.242 e. The number of hydrogen-bond acceptors (Lipinski definition) is 2. The fourth-order valence-corrected chi connectivity index (χ4v) is 3.27. The maximum atomic E-state index is 13.2. The van der Waals surface area contributed by atoms with E-state index in [4.69, 9.17) is 0 Å². The van der Waals surface area contributed by atoms with E-state index in [1.54, 1.807) is 4.90 Å². The summed E-state index contributed by atoms with van der Waals surface area (Å²) in [4.78, 5) is 27.6. The molecule has 4 heteroatoms. The van der Waals surface area contributed by atoms with Gasteiger partial charge in [-0.3, -0.25) is 9.59 Å². The first-order valence-electron chi connectivity index (χ1n) is 11.1. The summed E-state index contributed by atoms with van der Waals surface area (Å²) in [7, 11) is 0. The van der Waals surface area contributed by atoms with Crippen LogP contribution >= 0.6 is 0 Å². The van der Waals surface area contributed by atoms with Gasteiger partial charge in [0.25, 0.3) is 0 Å². The molecule has 0 aliphatic heterocycles. The number of amides is 2. The van der Waals surface area contributed by atoms with Crippen molar-refractivity contribution in [1.29, 1.82) is 0 Å². The third-order valence-corrected chi connectivity index (χ3v) is 5.70. The SMILES string of the molecule is CCc1ccc(CCC(=O)N(Cc2ccc(C)cc2)[C@@H](C)C(=O)N[C@@H](C)CC)cc1. The Morgan fingerprint density at radius 2 is 1.47 bits per heavy atom. The van der Waals surface area contributed by atoms with E-state index in [2.05, 4.69) is 36.5 Å². The van der Waals surface area contributed by atoms with Crippen LogP contribution in [-0.4, -0.2) is 28.8 Å². The predicted octanol–water partition coefficient (Wildman–Crippen LogP) is 4.82. The van der Waals surface area contributed by atoms with Crippen molar-refractivity contribution in [2.24, 2.45) is 0 Å². The number of carbonyl (C=O) groups excluding carboxylic acids is 2. The number of nitrogens with zero attached hydrogens (tertiary/aromatic N) is 1. The van der Waals surface area contributed by atoms with Crippen molar-refractivity contribution in [3.05, 3.63) is 70.8 Å². The molecule has 2 amide bonds. The largest absolute Gasteiger partial charge is 0.352 e. The zero-order chi connectivity index (χ0) is 22.1. The van der Waals surface area contributed by atoms with Crippen LogP contribution in [0.2, 0.25) is 0 Å². The molecule has 2 aromatic carbocycles. The highest BCUT2D eigenvalue weighted by Gasteiger charge is 2.26. The van der Waals surface area contributed by atoms with Crippen molar-refractivity contribution in [3.8, 4) is 0 Å². The van der Waals surface area contributed by atoms with Gasteiger partial charge in [0.2, 0.25) is 11.8 Å². The molecule has 0 aliphatic rings. The lowest BCUT2D eigenvalue weighted by Crippen LogP contribution is -2.49. The van der Waals surface area contributed by atoms with Crippen LogP contribution in [0.25, 0.3) is 0 Å². The van der Waals surface area contributed by atoms with Gasteiger partial charge < -0.3 is 10.2 Å². The van der Waals surface area contributed by atoms with Gasteiger partial charge in [0.05, 0.1) is 0 Å². The van der Waals surface area contributed by atoms with E-state index in [9.17, 15) is 9.59 Å². The Labute approximate surface area is 181 Å². The minimum absolute atomic E-state index is 0.00180. The Morgan fingerprint density at radius 1 is 0.900 bits per heavy atom. The van der Waals surface area contributed by atoms with Gasteiger partial charge >= 0.3 is 0 Å². The number of hydrogen-bond donors (Lipinski definition) is 1. The molecule has 2 rings (SSSR count). The average molecular weight is 409 g/mol. The minimum Gasteiger partial charge on any atom is -0.352 e. The fourth-order valence-electron chi connectivity index (χ4n) is 3.27. The van der Waals surface area contributed by atoms with Gasteiger partial charge in [-0.1, -0.05) is 67.9 Å². The van der Waals surface area contributed by atoms with Crippen molar-refractivity contribution >= 4 is 11.8 Å². The third-order valence-electron chi connectivity index (χ3n) is 5.70. The summed E-state index contributed by atoms with van der Waals surface area (Å²) in [6.07, 6.45) is 2.93. The normalized spacial score (nSPS) is 12.8. The maximum Gasteiger partial charge on any atom is 0.242 e. The number of benzene rings is 2. The summed E-state index contributed by atoms with van der Waals surface area (Å²) in [5.41, 5.74) is 4.65. The molecule has 0 bridgehead atoms. The van der Waals surface area contributed by atoms with E-state index in [-0.39, 0.29) is 17.9 Å². The van der Waals surface area contributed by atoms with Gasteiger partial charge in [-0.15, -0.1) is 0 Å². The van der Waals surface area contributed by atoms with Crippen molar-refractivity contribution in [2.45, 2.75) is 78.9 Å². The summed E-state index contributed by atoms with van der Waals surface area (Å²) < 4.78 is 0. The van der Waals surface area contributed by atoms with Gasteiger partial charge in [0, 0.05) is 19.0 Å². The van der Waals surface area contributed by atoms with Gasteiger partial charge in [-0.2, -0.15) is 0 Å². The van der Waals surface area contributed by atoms with Crippen LogP contribution in [0.5, 0.6) is 0 Å². The fraction of sp³-hybridized carbons (Fsp3) is 0.462. The van der Waals surface area contributed by atoms with Gasteiger partial charge in [-0.25, -0.2) is 0 Å². The highest BCUT2D eigenvalue weighted by Crippen LogP contribution is 2.14. The molecule has 0 aliphatic carbocycles. The van der Waals surface area contributed by atoms with Crippen LogP contribution in [0.4, 0.5) is 0 Å². The Hall–Kier alpha value is -2.62. The molecule has 0 saturated heterocycles. The number of rotatable bonds is 10. The Morgan fingerprint density at radius 3 is 2.03 bits per heavy atom. The highest BCUT2D eigenvalue weighted by molar-refractivity contribution is 5.87. The van der Waals surface area contributed by atoms with Crippen LogP contribution in [0.15, 0.2) is 48.5 Å². The number of aryl methyl sites for hydroxylation is 3. The van der Waals surface area contributed by atoms with E-state index < -0.39 is 6.04 Å². The van der Waals surface area contributed by atoms with E-state index in [0.29, 0.717) is 19.4 Å². The molecular weight excluding hydrogens is 372 g/mol. The molecule has 30 heavy (non-hydrogen) atoms. The highest BCUT2D eigenvalue weighted by atomic mass is 16.2. The van der Waals surface area contributed by atoms with Gasteiger partial charge in [0.1, 0.15) is 6.04 Å². The predicted molar refractivity (Wildman–Crippen MR) is 123 cm³/mol. The summed E-state index contributed by atoms with van der Waals surface area (Å²) in [5.74, 6) is -0.0981. The number of carbonyl (C=O) groups is 2. The van der Waals surface area contributed by atoms with Crippen molar-refractivity contribution < 1.29 is 9.59 Å². The molecule has 2 aromatic rings. The first-order valence-corrected chi connectivity index (χ1v) is 11.1. The standard InChI is InChI=1S/C26H36N2O2/c1-6-20(4)27-26(30)21(5)28(18-24-10-8-19(3)9-11-24)25(29)17-16-23-14-12-22(7-2)13-15-23/h8-15,20-21H,6-7,16-18H2,1-5H3,(H,27,30)/t20-,21-/m0/s1. The molecular formula is C26H36N2O2. The summed E-state index contributed by atoms with van der Waals surface area (Å²) in [6.45, 7) is 10.4. The van der Waals surface area contributed by atoms with Crippen molar-refractivity contribution in [1.82, 2.24) is 10.2 Å². The second kappa shape index (κ2) is 11.5. The molecule has 0 fully saturated rings. The molecule has 4 nitrogen and oxygen atoms in total. The second-order valence-electron chi connectivity index (χ2n) is 8.17. The van der Waals surface area contributed by atoms with E-state index in [1.165, 1.54) is 11.1 Å². The van der Waals surface area contributed by atoms with Gasteiger partial charge in [0.15, 0.2) is 0 Å². The van der Waals surface area contributed by atoms with Crippen molar-refractivity contribution in [2.75, 3.05) is 0 Å². The van der Waals surface area contributed by atoms with Crippen LogP contribution in [0, 0.1) is 6.92 Å². The first-order chi connectivity index (χ1) is 14.3. The second-order valence-corrected chi connectivity index (χ2v) is 8.17. The molecule has 1 N–H and O–H groups in total. The lowest BCUT2D eigenvalue weighted by atomic mass is 10.0. The Balaban J connectivity index is 2.12. The molecule has 0 radical (unpaired) electrons. The molecule has 0 spiro atoms. The first kappa shape index (κ1) is 23.7. The Kier molecular flexibility index (Phi) is 9.10. The molecule has 0 unspecified atom stereocenters. The summed E-state index contributed by atoms with van der Waals surface area (Å²) in [6, 6.07) is 16.1. The lowest BCUT2D eigenvalue weighted by Gasteiger charge is -2.30. The summed E-state index contributed by atoms with van der Waals surface area (Å²) in [5, 5.41) is 3.01. The zero-order valence-electron chi connectivity index (χ0n) is 19.1. The van der Waals surface area contributed by atoms with E-state index >= 15 is 0 Å². The monoisotopic (exact) mass is 408 g/mol. The summed E-state index contributed by atoms with van der Waals surface area (Å²) >= 11 is 0. The van der Waals surface area contributed by atoms with Crippen LogP contribution in [0.1, 0.15) is 62.8 Å².